The van der Waals surface area contributed by atoms with Crippen LogP contribution in [0.4, 0.5) is 0 Å². The molecule has 4 heteroatoms. The van der Waals surface area contributed by atoms with Crippen molar-refractivity contribution in [2.75, 3.05) is 13.1 Å². The average molecular weight is 311 g/mol. The molecule has 0 spiro atoms. The highest BCUT2D eigenvalue weighted by atomic mass is 32.1. The third-order valence-corrected chi connectivity index (χ3v) is 4.60. The highest BCUT2D eigenvalue weighted by molar-refractivity contribution is 7.11. The van der Waals surface area contributed by atoms with Crippen LogP contribution in [0.2, 0.25) is 0 Å². The van der Waals surface area contributed by atoms with E-state index >= 15 is 0 Å². The summed E-state index contributed by atoms with van der Waals surface area (Å²) in [6.07, 6.45) is 0.315. The molecule has 120 valence electrons. The second kappa shape index (κ2) is 6.37. The first-order valence-electron chi connectivity index (χ1n) is 7.86. The molecule has 1 unspecified atom stereocenters. The van der Waals surface area contributed by atoms with Gasteiger partial charge in [0.25, 0.3) is 0 Å². The summed E-state index contributed by atoms with van der Waals surface area (Å²) in [5.74, 6) is 0. The second-order valence-electron chi connectivity index (χ2n) is 7.83. The van der Waals surface area contributed by atoms with Crippen LogP contribution in [-0.4, -0.2) is 35.2 Å². The maximum Gasteiger partial charge on any atom is 0.0757 e. The Morgan fingerprint density at radius 2 is 2.00 bits per heavy atom. The van der Waals surface area contributed by atoms with Crippen LogP contribution in [0, 0.1) is 0 Å². The maximum atomic E-state index is 5.97. The molecule has 1 N–H and O–H groups in total. The van der Waals surface area contributed by atoms with Crippen molar-refractivity contribution in [1.29, 1.82) is 0 Å². The van der Waals surface area contributed by atoms with Gasteiger partial charge in [0.2, 0.25) is 0 Å². The summed E-state index contributed by atoms with van der Waals surface area (Å²) >= 11 is 1.92. The van der Waals surface area contributed by atoms with Crippen molar-refractivity contribution in [3.8, 4) is 0 Å². The summed E-state index contributed by atoms with van der Waals surface area (Å²) in [5.41, 5.74) is 0.138. The van der Waals surface area contributed by atoms with Crippen LogP contribution in [0.1, 0.15) is 51.3 Å². The average Bonchev–Trinajstić information content (AvgIpc) is 2.70. The Hall–Kier alpha value is -0.420. The molecule has 21 heavy (non-hydrogen) atoms. The molecule has 1 aromatic rings. The van der Waals surface area contributed by atoms with Crippen molar-refractivity contribution in [1.82, 2.24) is 10.2 Å². The van der Waals surface area contributed by atoms with Crippen LogP contribution in [-0.2, 0) is 17.8 Å². The van der Waals surface area contributed by atoms with E-state index in [1.807, 2.05) is 11.3 Å². The monoisotopic (exact) mass is 310 g/mol. The number of ether oxygens (including phenoxy) is 1. The summed E-state index contributed by atoms with van der Waals surface area (Å²) in [6, 6.07) is 4.53. The fourth-order valence-corrected chi connectivity index (χ4v) is 3.88. The Labute approximate surface area is 133 Å². The Balaban J connectivity index is 1.90. The highest BCUT2D eigenvalue weighted by Gasteiger charge is 2.31. The zero-order chi connectivity index (χ0) is 15.7. The van der Waals surface area contributed by atoms with Crippen molar-refractivity contribution < 1.29 is 4.74 Å². The Bertz CT molecular complexity index is 462. The van der Waals surface area contributed by atoms with Gasteiger partial charge < -0.3 is 10.1 Å². The summed E-state index contributed by atoms with van der Waals surface area (Å²) in [7, 11) is 0. The summed E-state index contributed by atoms with van der Waals surface area (Å²) in [4.78, 5) is 5.38. The molecule has 0 radical (unpaired) electrons. The smallest absolute Gasteiger partial charge is 0.0757 e. The van der Waals surface area contributed by atoms with Crippen LogP contribution in [0.25, 0.3) is 0 Å². The van der Waals surface area contributed by atoms with E-state index in [4.69, 9.17) is 4.74 Å². The number of nitrogens with one attached hydrogen (secondary N) is 1. The molecule has 0 aliphatic carbocycles. The van der Waals surface area contributed by atoms with E-state index < -0.39 is 0 Å². The van der Waals surface area contributed by atoms with E-state index in [0.29, 0.717) is 6.10 Å². The van der Waals surface area contributed by atoms with Crippen molar-refractivity contribution >= 4 is 11.3 Å². The molecule has 1 atom stereocenters. The molecule has 1 aromatic heterocycles. The molecule has 0 aromatic carbocycles. The minimum Gasteiger partial charge on any atom is -0.370 e. The summed E-state index contributed by atoms with van der Waals surface area (Å²) < 4.78 is 5.97. The minimum atomic E-state index is -0.0362. The molecule has 1 fully saturated rings. The molecule has 1 aliphatic heterocycles. The lowest BCUT2D eigenvalue weighted by Crippen LogP contribution is -2.51. The lowest BCUT2D eigenvalue weighted by Gasteiger charge is -2.41. The predicted octanol–water partition coefficient (Wildman–Crippen LogP) is 3.64. The molecule has 3 nitrogen and oxygen atoms in total. The number of nitrogens with zero attached hydrogens (tertiary/aromatic N) is 1. The largest absolute Gasteiger partial charge is 0.370 e. The van der Waals surface area contributed by atoms with Crippen molar-refractivity contribution in [2.45, 2.75) is 71.9 Å². The number of rotatable bonds is 4. The fourth-order valence-electron chi connectivity index (χ4n) is 2.88. The van der Waals surface area contributed by atoms with Gasteiger partial charge in [0.1, 0.15) is 0 Å². The van der Waals surface area contributed by atoms with E-state index in [1.54, 1.807) is 0 Å². The van der Waals surface area contributed by atoms with E-state index in [-0.39, 0.29) is 11.1 Å². The van der Waals surface area contributed by atoms with E-state index in [2.05, 4.69) is 63.9 Å². The fraction of sp³-hybridized carbons (Fsp3) is 0.765. The van der Waals surface area contributed by atoms with Crippen molar-refractivity contribution in [3.63, 3.8) is 0 Å². The van der Waals surface area contributed by atoms with Crippen LogP contribution in [0.5, 0.6) is 0 Å². The van der Waals surface area contributed by atoms with Gasteiger partial charge in [0.15, 0.2) is 0 Å². The summed E-state index contributed by atoms with van der Waals surface area (Å²) in [5, 5.41) is 3.55. The third-order valence-electron chi connectivity index (χ3n) is 3.53. The second-order valence-corrected chi connectivity index (χ2v) is 9.08. The first-order chi connectivity index (χ1) is 9.63. The molecule has 0 saturated carbocycles. The Morgan fingerprint density at radius 3 is 2.62 bits per heavy atom. The number of hydrogen-bond donors (Lipinski definition) is 1. The zero-order valence-electron chi connectivity index (χ0n) is 14.3. The Morgan fingerprint density at radius 1 is 1.33 bits per heavy atom. The molecular formula is C17H30N2OS. The minimum absolute atomic E-state index is 0.0362. The number of thiophene rings is 1. The number of hydrogen-bond acceptors (Lipinski definition) is 4. The van der Waals surface area contributed by atoms with Gasteiger partial charge in [0, 0.05) is 41.5 Å². The highest BCUT2D eigenvalue weighted by Crippen LogP contribution is 2.25. The quantitative estimate of drug-likeness (QED) is 0.919. The van der Waals surface area contributed by atoms with Crippen LogP contribution >= 0.6 is 11.3 Å². The van der Waals surface area contributed by atoms with Gasteiger partial charge in [0.05, 0.1) is 11.7 Å². The number of morpholine rings is 1. The maximum absolute atomic E-state index is 5.97. The van der Waals surface area contributed by atoms with Crippen LogP contribution in [0.3, 0.4) is 0 Å². The SMILES string of the molecule is CC1CN(Cc2ccc(CNC(C)(C)C)s2)CC(C)(C)O1. The van der Waals surface area contributed by atoms with E-state index in [1.165, 1.54) is 9.75 Å². The molecule has 1 aliphatic rings. The van der Waals surface area contributed by atoms with Crippen LogP contribution in [0.15, 0.2) is 12.1 Å². The van der Waals surface area contributed by atoms with Crippen LogP contribution < -0.4 is 5.32 Å². The molecule has 2 heterocycles. The molecule has 0 bridgehead atoms. The third kappa shape index (κ3) is 5.70. The molecule has 2 rings (SSSR count). The van der Waals surface area contributed by atoms with Crippen molar-refractivity contribution in [2.24, 2.45) is 0 Å². The molecular weight excluding hydrogens is 280 g/mol. The Kier molecular flexibility index (Phi) is 5.14. The predicted molar refractivity (Wildman–Crippen MR) is 90.8 cm³/mol. The molecule has 0 amide bonds. The van der Waals surface area contributed by atoms with Gasteiger partial charge in [-0.2, -0.15) is 0 Å². The summed E-state index contributed by atoms with van der Waals surface area (Å²) in [6.45, 7) is 17.2. The topological polar surface area (TPSA) is 24.5 Å². The standard InChI is InChI=1S/C17H30N2OS/c1-13-10-19(12-17(5,6)20-13)11-15-8-7-14(21-15)9-18-16(2,3)4/h7-8,13,18H,9-12H2,1-6H3. The van der Waals surface area contributed by atoms with Gasteiger partial charge in [-0.1, -0.05) is 0 Å². The first-order valence-corrected chi connectivity index (χ1v) is 8.67. The lowest BCUT2D eigenvalue weighted by atomic mass is 10.1. The van der Waals surface area contributed by atoms with Gasteiger partial charge in [-0.05, 0) is 53.7 Å². The van der Waals surface area contributed by atoms with E-state index in [9.17, 15) is 0 Å². The first kappa shape index (κ1) is 16.9. The van der Waals surface area contributed by atoms with Crippen molar-refractivity contribution in [3.05, 3.63) is 21.9 Å². The van der Waals surface area contributed by atoms with Gasteiger partial charge >= 0.3 is 0 Å². The van der Waals surface area contributed by atoms with Gasteiger partial charge in [-0.3, -0.25) is 4.90 Å². The normalized spacial score (nSPS) is 23.4. The lowest BCUT2D eigenvalue weighted by molar-refractivity contribution is -0.130. The molecule has 1 saturated heterocycles. The van der Waals surface area contributed by atoms with Gasteiger partial charge in [-0.15, -0.1) is 11.3 Å². The zero-order valence-corrected chi connectivity index (χ0v) is 15.1. The van der Waals surface area contributed by atoms with E-state index in [0.717, 1.165) is 26.2 Å². The van der Waals surface area contributed by atoms with Gasteiger partial charge in [-0.25, -0.2) is 0 Å².